The molecule has 4 N–H and O–H groups in total. The monoisotopic (exact) mass is 378 g/mol. The first kappa shape index (κ1) is 19.2. The van der Waals surface area contributed by atoms with E-state index in [2.05, 4.69) is 0 Å². The van der Waals surface area contributed by atoms with Gasteiger partial charge in [-0.15, -0.1) is 0 Å². The number of carbonyl (C=O) groups excluding carboxylic acids is 2. The average molecular weight is 378 g/mol. The second-order valence-corrected chi connectivity index (χ2v) is 9.70. The summed E-state index contributed by atoms with van der Waals surface area (Å²) in [6.07, 6.45) is 2.75. The number of hydrogen-bond acceptors (Lipinski definition) is 6. The summed E-state index contributed by atoms with van der Waals surface area (Å²) < 4.78 is 0. The highest BCUT2D eigenvalue weighted by molar-refractivity contribution is 5.92. The van der Waals surface area contributed by atoms with E-state index in [1.165, 1.54) is 0 Å². The summed E-state index contributed by atoms with van der Waals surface area (Å²) in [7, 11) is 0. The van der Waals surface area contributed by atoms with Crippen molar-refractivity contribution in [3.63, 3.8) is 0 Å². The Morgan fingerprint density at radius 2 is 1.96 bits per heavy atom. The number of Topliss-reactive ketones (excluding diaryl/α,β-unsaturated/α-hetero) is 1. The van der Waals surface area contributed by atoms with Gasteiger partial charge in [-0.25, -0.2) is 0 Å². The van der Waals surface area contributed by atoms with Gasteiger partial charge in [0.05, 0.1) is 12.2 Å². The molecule has 0 saturated heterocycles. The zero-order valence-electron chi connectivity index (χ0n) is 16.0. The van der Waals surface area contributed by atoms with E-state index in [0.29, 0.717) is 25.7 Å². The molecule has 0 unspecified atom stereocenters. The van der Waals surface area contributed by atoms with E-state index in [0.717, 1.165) is 5.57 Å². The van der Waals surface area contributed by atoms with Crippen LogP contribution in [-0.4, -0.2) is 56.4 Å². The second kappa shape index (κ2) is 5.96. The minimum Gasteiger partial charge on any atom is -0.393 e. The molecule has 8 atom stereocenters. The van der Waals surface area contributed by atoms with E-state index in [-0.39, 0.29) is 36.4 Å². The zero-order chi connectivity index (χ0) is 19.8. The van der Waals surface area contributed by atoms with Crippen LogP contribution in [0, 0.1) is 28.6 Å². The fourth-order valence-electron chi connectivity index (χ4n) is 7.33. The molecule has 0 aromatic rings. The van der Waals surface area contributed by atoms with Crippen molar-refractivity contribution in [2.75, 3.05) is 6.61 Å². The van der Waals surface area contributed by atoms with Gasteiger partial charge in [-0.3, -0.25) is 9.59 Å². The molecule has 0 radical (unpaired) electrons. The summed E-state index contributed by atoms with van der Waals surface area (Å²) in [6.45, 7) is 3.18. The number of ketones is 2. The normalized spacial score (nSPS) is 51.9. The Balaban J connectivity index is 1.77. The van der Waals surface area contributed by atoms with Crippen molar-refractivity contribution in [1.29, 1.82) is 0 Å². The Bertz CT molecular complexity index is 715. The average Bonchev–Trinajstić information content (AvgIpc) is 2.87. The van der Waals surface area contributed by atoms with Crippen molar-refractivity contribution in [3.8, 4) is 0 Å². The van der Waals surface area contributed by atoms with E-state index in [4.69, 9.17) is 0 Å². The third-order valence-corrected chi connectivity index (χ3v) is 8.67. The van der Waals surface area contributed by atoms with Gasteiger partial charge in [0.25, 0.3) is 0 Å². The van der Waals surface area contributed by atoms with E-state index < -0.39 is 41.0 Å². The summed E-state index contributed by atoms with van der Waals surface area (Å²) in [5.41, 5.74) is -2.17. The molecule has 3 fully saturated rings. The minimum atomic E-state index is -1.64. The Morgan fingerprint density at radius 1 is 1.26 bits per heavy atom. The zero-order valence-corrected chi connectivity index (χ0v) is 16.0. The highest BCUT2D eigenvalue weighted by atomic mass is 16.3. The van der Waals surface area contributed by atoms with Crippen molar-refractivity contribution in [2.45, 2.75) is 70.2 Å². The maximum absolute atomic E-state index is 12.4. The van der Waals surface area contributed by atoms with Gasteiger partial charge in [0.15, 0.2) is 11.6 Å². The summed E-state index contributed by atoms with van der Waals surface area (Å²) >= 11 is 0. The first-order valence-electron chi connectivity index (χ1n) is 10.1. The minimum absolute atomic E-state index is 0.0166. The lowest BCUT2D eigenvalue weighted by atomic mass is 9.45. The fourth-order valence-corrected chi connectivity index (χ4v) is 7.33. The molecule has 6 nitrogen and oxygen atoms in total. The molecular formula is C21H30O6. The predicted octanol–water partition coefficient (Wildman–Crippen LogP) is 0.752. The van der Waals surface area contributed by atoms with Crippen LogP contribution in [0.2, 0.25) is 0 Å². The standard InChI is InChI=1S/C21H30O6/c1-19-5-3-11(23)7-14(19)15(24)8-12-13-4-6-21(27,17(26)10-22)20(13,2)9-16(25)18(12)19/h7,12-13,15-16,18,22,24-25,27H,3-6,8-10H2,1-2H3/t12-,13+,15-,16+,18-,19+,20+,21+/m1/s1. The molecule has 4 aliphatic carbocycles. The molecule has 0 aliphatic heterocycles. The Hall–Kier alpha value is -1.08. The van der Waals surface area contributed by atoms with Gasteiger partial charge in [-0.05, 0) is 66.9 Å². The van der Waals surface area contributed by atoms with Crippen LogP contribution >= 0.6 is 0 Å². The van der Waals surface area contributed by atoms with E-state index in [9.17, 15) is 30.0 Å². The van der Waals surface area contributed by atoms with Crippen LogP contribution in [0.15, 0.2) is 11.6 Å². The van der Waals surface area contributed by atoms with Crippen LogP contribution in [0.1, 0.15) is 52.4 Å². The number of hydrogen-bond donors (Lipinski definition) is 4. The largest absolute Gasteiger partial charge is 0.393 e. The summed E-state index contributed by atoms with van der Waals surface area (Å²) in [6, 6.07) is 0. The van der Waals surface area contributed by atoms with Gasteiger partial charge in [0.2, 0.25) is 0 Å². The maximum Gasteiger partial charge on any atom is 0.190 e. The highest BCUT2D eigenvalue weighted by Crippen LogP contribution is 2.67. The third-order valence-electron chi connectivity index (χ3n) is 8.67. The molecule has 27 heavy (non-hydrogen) atoms. The summed E-state index contributed by atoms with van der Waals surface area (Å²) in [5, 5.41) is 42.6. The Kier molecular flexibility index (Phi) is 4.25. The van der Waals surface area contributed by atoms with Gasteiger partial charge in [-0.2, -0.15) is 0 Å². The molecule has 3 saturated carbocycles. The molecule has 150 valence electrons. The quantitative estimate of drug-likeness (QED) is 0.564. The van der Waals surface area contributed by atoms with Crippen molar-refractivity contribution < 1.29 is 30.0 Å². The topological polar surface area (TPSA) is 115 Å². The molecule has 0 aromatic heterocycles. The highest BCUT2D eigenvalue weighted by Gasteiger charge is 2.68. The van der Waals surface area contributed by atoms with E-state index >= 15 is 0 Å². The first-order valence-corrected chi connectivity index (χ1v) is 10.1. The van der Waals surface area contributed by atoms with Gasteiger partial charge in [-0.1, -0.05) is 13.8 Å². The lowest BCUT2D eigenvalue weighted by molar-refractivity contribution is -0.187. The van der Waals surface area contributed by atoms with Gasteiger partial charge >= 0.3 is 0 Å². The van der Waals surface area contributed by atoms with Crippen LogP contribution in [0.5, 0.6) is 0 Å². The molecule has 0 heterocycles. The van der Waals surface area contributed by atoms with Crippen molar-refractivity contribution in [2.24, 2.45) is 28.6 Å². The van der Waals surface area contributed by atoms with Crippen molar-refractivity contribution in [3.05, 3.63) is 11.6 Å². The van der Waals surface area contributed by atoms with Crippen LogP contribution in [0.3, 0.4) is 0 Å². The van der Waals surface area contributed by atoms with Crippen LogP contribution < -0.4 is 0 Å². The SMILES string of the molecule is C[C@]12CCC(=O)C=C1[C@H](O)C[C@H]1[C@@H]2[C@@H](O)C[C@@]2(C)[C@H]1CC[C@]2(O)C(=O)CO. The fraction of sp³-hybridized carbons (Fsp3) is 0.810. The van der Waals surface area contributed by atoms with Gasteiger partial charge in [0, 0.05) is 11.8 Å². The Labute approximate surface area is 159 Å². The van der Waals surface area contributed by atoms with Crippen LogP contribution in [-0.2, 0) is 9.59 Å². The number of aliphatic hydroxyl groups is 4. The smallest absolute Gasteiger partial charge is 0.190 e. The van der Waals surface area contributed by atoms with Crippen molar-refractivity contribution in [1.82, 2.24) is 0 Å². The first-order chi connectivity index (χ1) is 12.6. The van der Waals surface area contributed by atoms with Gasteiger partial charge in [0.1, 0.15) is 12.2 Å². The lowest BCUT2D eigenvalue weighted by Crippen LogP contribution is -2.63. The molecule has 4 aliphatic rings. The van der Waals surface area contributed by atoms with Crippen LogP contribution in [0.25, 0.3) is 0 Å². The molecule has 0 bridgehead atoms. The number of rotatable bonds is 2. The second-order valence-electron chi connectivity index (χ2n) is 9.70. The summed E-state index contributed by atoms with van der Waals surface area (Å²) in [4.78, 5) is 24.3. The number of aliphatic hydroxyl groups excluding tert-OH is 3. The lowest BCUT2D eigenvalue weighted by Gasteiger charge is -2.61. The molecule has 6 heteroatoms. The predicted molar refractivity (Wildman–Crippen MR) is 96.5 cm³/mol. The third kappa shape index (κ3) is 2.33. The number of fused-ring (bicyclic) bond motifs is 5. The Morgan fingerprint density at radius 3 is 2.63 bits per heavy atom. The maximum atomic E-state index is 12.4. The van der Waals surface area contributed by atoms with Crippen LogP contribution in [0.4, 0.5) is 0 Å². The number of carbonyl (C=O) groups is 2. The molecule has 0 aromatic carbocycles. The molecular weight excluding hydrogens is 348 g/mol. The molecule has 0 spiro atoms. The molecule has 4 rings (SSSR count). The molecule has 0 amide bonds. The summed E-state index contributed by atoms with van der Waals surface area (Å²) in [5.74, 6) is -0.713. The van der Waals surface area contributed by atoms with Gasteiger partial charge < -0.3 is 20.4 Å². The van der Waals surface area contributed by atoms with E-state index in [1.54, 1.807) is 6.08 Å². The van der Waals surface area contributed by atoms with E-state index in [1.807, 2.05) is 13.8 Å². The van der Waals surface area contributed by atoms with Crippen molar-refractivity contribution >= 4 is 11.6 Å².